The van der Waals surface area contributed by atoms with E-state index in [0.717, 1.165) is 0 Å². The number of aromatic nitrogens is 1. The summed E-state index contributed by atoms with van der Waals surface area (Å²) in [5, 5.41) is 20.2. The Bertz CT molecular complexity index is 386. The number of pyridine rings is 1. The van der Waals surface area contributed by atoms with Crippen LogP contribution in [0.1, 0.15) is 5.69 Å². The molecule has 1 heterocycles. The number of ether oxygens (including phenoxy) is 1. The van der Waals surface area contributed by atoms with Gasteiger partial charge >= 0.3 is 0 Å². The van der Waals surface area contributed by atoms with Crippen molar-refractivity contribution in [3.05, 3.63) is 32.5 Å². The maximum Gasteiger partial charge on any atom is 0.291 e. The molecule has 0 aliphatic heterocycles. The van der Waals surface area contributed by atoms with Gasteiger partial charge in [0.2, 0.25) is 0 Å². The number of hydrogen-bond donors (Lipinski definition) is 1. The molecule has 0 saturated carbocycles. The minimum absolute atomic E-state index is 0.0947. The van der Waals surface area contributed by atoms with Crippen molar-refractivity contribution in [2.45, 2.75) is 12.5 Å². The van der Waals surface area contributed by atoms with Crippen molar-refractivity contribution in [2.75, 3.05) is 13.7 Å². The number of rotatable bonds is 5. The molecule has 0 amide bonds. The largest absolute Gasteiger partial charge is 0.390 e. The topological polar surface area (TPSA) is 85.5 Å². The summed E-state index contributed by atoms with van der Waals surface area (Å²) < 4.78 is 5.27. The molecular formula is C9H11BrN2O4. The fraction of sp³-hybridized carbons (Fsp3) is 0.444. The van der Waals surface area contributed by atoms with Crippen LogP contribution in [0.2, 0.25) is 0 Å². The first-order valence-corrected chi connectivity index (χ1v) is 5.29. The summed E-state index contributed by atoms with van der Waals surface area (Å²) in [7, 11) is 1.45. The highest BCUT2D eigenvalue weighted by Crippen LogP contribution is 2.22. The number of aliphatic hydroxyl groups is 1. The summed E-state index contributed by atoms with van der Waals surface area (Å²) in [6.07, 6.45) is 0.761. The number of methoxy groups -OCH3 is 1. The normalized spacial score (nSPS) is 12.4. The molecule has 7 heteroatoms. The summed E-state index contributed by atoms with van der Waals surface area (Å²) in [6.45, 7) is 0.120. The van der Waals surface area contributed by atoms with Gasteiger partial charge in [-0.05, 0) is 15.9 Å². The molecule has 88 valence electrons. The molecule has 0 radical (unpaired) electrons. The van der Waals surface area contributed by atoms with Gasteiger partial charge in [0.25, 0.3) is 5.69 Å². The molecule has 0 bridgehead atoms. The summed E-state index contributed by atoms with van der Waals surface area (Å²) in [5.41, 5.74) is 0.141. The van der Waals surface area contributed by atoms with Crippen molar-refractivity contribution in [3.63, 3.8) is 0 Å². The Morgan fingerprint density at radius 1 is 1.75 bits per heavy atom. The summed E-state index contributed by atoms with van der Waals surface area (Å²) >= 11 is 3.11. The summed E-state index contributed by atoms with van der Waals surface area (Å²) in [5.74, 6) is 0. The first-order valence-electron chi connectivity index (χ1n) is 4.50. The highest BCUT2D eigenvalue weighted by Gasteiger charge is 2.18. The number of nitro groups is 1. The van der Waals surface area contributed by atoms with Crippen LogP contribution in [-0.2, 0) is 11.2 Å². The van der Waals surface area contributed by atoms with Crippen molar-refractivity contribution in [2.24, 2.45) is 0 Å². The van der Waals surface area contributed by atoms with Gasteiger partial charge in [0.1, 0.15) is 5.69 Å². The lowest BCUT2D eigenvalue weighted by atomic mass is 10.1. The summed E-state index contributed by atoms with van der Waals surface area (Å²) in [4.78, 5) is 14.1. The Balaban J connectivity index is 2.90. The van der Waals surface area contributed by atoms with Crippen molar-refractivity contribution in [1.82, 2.24) is 4.98 Å². The fourth-order valence-corrected chi connectivity index (χ4v) is 1.57. The van der Waals surface area contributed by atoms with Gasteiger partial charge in [-0.15, -0.1) is 0 Å². The van der Waals surface area contributed by atoms with Crippen molar-refractivity contribution in [1.29, 1.82) is 0 Å². The van der Waals surface area contributed by atoms with E-state index in [2.05, 4.69) is 20.9 Å². The molecule has 1 aromatic heterocycles. The van der Waals surface area contributed by atoms with E-state index in [1.165, 1.54) is 19.4 Å². The number of halogens is 1. The predicted molar refractivity (Wildman–Crippen MR) is 60.2 cm³/mol. The third-order valence-corrected chi connectivity index (χ3v) is 2.33. The zero-order valence-electron chi connectivity index (χ0n) is 8.59. The van der Waals surface area contributed by atoms with Gasteiger partial charge in [-0.3, -0.25) is 15.1 Å². The van der Waals surface area contributed by atoms with Crippen LogP contribution in [0.15, 0.2) is 16.7 Å². The lowest BCUT2D eigenvalue weighted by Crippen LogP contribution is -2.18. The first kappa shape index (κ1) is 13.0. The van der Waals surface area contributed by atoms with E-state index in [1.807, 2.05) is 0 Å². The van der Waals surface area contributed by atoms with Gasteiger partial charge in [0.15, 0.2) is 0 Å². The highest BCUT2D eigenvalue weighted by atomic mass is 79.9. The molecule has 1 unspecified atom stereocenters. The third-order valence-electron chi connectivity index (χ3n) is 1.90. The van der Waals surface area contributed by atoms with Gasteiger partial charge in [0.05, 0.1) is 17.6 Å². The molecule has 0 spiro atoms. The second kappa shape index (κ2) is 5.88. The first-order chi connectivity index (χ1) is 7.54. The van der Waals surface area contributed by atoms with Gasteiger partial charge < -0.3 is 9.84 Å². The van der Waals surface area contributed by atoms with Crippen LogP contribution in [-0.4, -0.2) is 34.8 Å². The van der Waals surface area contributed by atoms with Gasteiger partial charge in [0, 0.05) is 30.3 Å². The second-order valence-corrected chi connectivity index (χ2v) is 4.11. The molecule has 1 atom stereocenters. The van der Waals surface area contributed by atoms with Crippen LogP contribution in [0, 0.1) is 10.1 Å². The molecule has 0 aromatic carbocycles. The average Bonchev–Trinajstić information content (AvgIpc) is 2.20. The average molecular weight is 291 g/mol. The van der Waals surface area contributed by atoms with E-state index in [0.29, 0.717) is 4.47 Å². The Labute approximate surface area is 101 Å². The van der Waals surface area contributed by atoms with Crippen molar-refractivity contribution >= 4 is 21.6 Å². The third kappa shape index (κ3) is 3.51. The van der Waals surface area contributed by atoms with Crippen LogP contribution in [0.4, 0.5) is 5.69 Å². The highest BCUT2D eigenvalue weighted by molar-refractivity contribution is 9.10. The smallest absolute Gasteiger partial charge is 0.291 e. The SMILES string of the molecule is COCC(O)Cc1ncc(Br)cc1[N+](=O)[O-]. The van der Waals surface area contributed by atoms with Crippen molar-refractivity contribution < 1.29 is 14.8 Å². The van der Waals surface area contributed by atoms with Gasteiger partial charge in [-0.2, -0.15) is 0 Å². The second-order valence-electron chi connectivity index (χ2n) is 3.19. The van der Waals surface area contributed by atoms with E-state index in [4.69, 9.17) is 4.74 Å². The van der Waals surface area contributed by atoms with Crippen LogP contribution in [0.25, 0.3) is 0 Å². The maximum absolute atomic E-state index is 10.7. The Hall–Kier alpha value is -1.05. The monoisotopic (exact) mass is 290 g/mol. The Kier molecular flexibility index (Phi) is 4.78. The minimum atomic E-state index is -0.794. The molecule has 1 N–H and O–H groups in total. The number of aliphatic hydroxyl groups excluding tert-OH is 1. The van der Waals surface area contributed by atoms with Crippen LogP contribution < -0.4 is 0 Å². The molecule has 6 nitrogen and oxygen atoms in total. The van der Waals surface area contributed by atoms with Crippen molar-refractivity contribution in [3.8, 4) is 0 Å². The van der Waals surface area contributed by atoms with E-state index >= 15 is 0 Å². The molecule has 0 aliphatic carbocycles. The lowest BCUT2D eigenvalue weighted by molar-refractivity contribution is -0.386. The molecular weight excluding hydrogens is 280 g/mol. The maximum atomic E-state index is 10.7. The molecule has 0 fully saturated rings. The zero-order valence-corrected chi connectivity index (χ0v) is 10.2. The number of nitrogens with zero attached hydrogens (tertiary/aromatic N) is 2. The van der Waals surface area contributed by atoms with Gasteiger partial charge in [-0.25, -0.2) is 0 Å². The molecule has 0 aliphatic rings. The quantitative estimate of drug-likeness (QED) is 0.653. The van der Waals surface area contributed by atoms with Crippen LogP contribution >= 0.6 is 15.9 Å². The molecule has 1 rings (SSSR count). The lowest BCUT2D eigenvalue weighted by Gasteiger charge is -2.08. The predicted octanol–water partition coefficient (Wildman–Crippen LogP) is 1.30. The zero-order chi connectivity index (χ0) is 12.1. The molecule has 16 heavy (non-hydrogen) atoms. The van der Waals surface area contributed by atoms with Crippen LogP contribution in [0.5, 0.6) is 0 Å². The molecule has 1 aromatic rings. The van der Waals surface area contributed by atoms with E-state index in [1.54, 1.807) is 0 Å². The number of hydrogen-bond acceptors (Lipinski definition) is 5. The Morgan fingerprint density at radius 3 is 3.00 bits per heavy atom. The van der Waals surface area contributed by atoms with E-state index < -0.39 is 11.0 Å². The summed E-state index contributed by atoms with van der Waals surface area (Å²) in [6, 6.07) is 1.36. The van der Waals surface area contributed by atoms with Crippen LogP contribution in [0.3, 0.4) is 0 Å². The van der Waals surface area contributed by atoms with E-state index in [9.17, 15) is 15.2 Å². The standard InChI is InChI=1S/C9H11BrN2O4/c1-16-5-7(13)3-8-9(12(14)15)2-6(10)4-11-8/h2,4,7,13H,3,5H2,1H3. The van der Waals surface area contributed by atoms with Gasteiger partial charge in [-0.1, -0.05) is 0 Å². The molecule has 0 saturated heterocycles. The Morgan fingerprint density at radius 2 is 2.44 bits per heavy atom. The fourth-order valence-electron chi connectivity index (χ4n) is 1.25. The minimum Gasteiger partial charge on any atom is -0.390 e. The van der Waals surface area contributed by atoms with E-state index in [-0.39, 0.29) is 24.4 Å².